The second kappa shape index (κ2) is 5.26. The Morgan fingerprint density at radius 3 is 2.79 bits per heavy atom. The van der Waals surface area contributed by atoms with E-state index < -0.39 is 0 Å². The van der Waals surface area contributed by atoms with Crippen molar-refractivity contribution in [3.05, 3.63) is 66.0 Å². The van der Waals surface area contributed by atoms with Gasteiger partial charge in [0.25, 0.3) is 0 Å². The molecular weight excluding hydrogens is 304 g/mol. The molecule has 6 nitrogen and oxygen atoms in total. The van der Waals surface area contributed by atoms with E-state index in [2.05, 4.69) is 45.7 Å². The zero-order chi connectivity index (χ0) is 15.9. The van der Waals surface area contributed by atoms with Crippen molar-refractivity contribution in [2.24, 2.45) is 0 Å². The minimum Gasteiger partial charge on any atom is -0.454 e. The van der Waals surface area contributed by atoms with Crippen molar-refractivity contribution in [1.82, 2.24) is 14.8 Å². The van der Waals surface area contributed by atoms with E-state index in [1.54, 1.807) is 6.33 Å². The molecule has 6 heteroatoms. The summed E-state index contributed by atoms with van der Waals surface area (Å²) in [6.45, 7) is 0.284. The van der Waals surface area contributed by atoms with Crippen LogP contribution in [0.2, 0.25) is 0 Å². The van der Waals surface area contributed by atoms with Crippen LogP contribution in [0.3, 0.4) is 0 Å². The Labute approximate surface area is 139 Å². The van der Waals surface area contributed by atoms with Crippen molar-refractivity contribution in [3.63, 3.8) is 0 Å². The third-order valence-corrected chi connectivity index (χ3v) is 4.61. The van der Waals surface area contributed by atoms with E-state index in [0.29, 0.717) is 0 Å². The molecule has 120 valence electrons. The molecule has 1 N–H and O–H groups in total. The number of hydrogen-bond acceptors (Lipinski definition) is 5. The maximum atomic E-state index is 5.53. The van der Waals surface area contributed by atoms with E-state index in [4.69, 9.17) is 9.47 Å². The maximum absolute atomic E-state index is 5.53. The summed E-state index contributed by atoms with van der Waals surface area (Å²) in [7, 11) is 0. The Morgan fingerprint density at radius 2 is 1.88 bits per heavy atom. The molecule has 0 unspecified atom stereocenters. The summed E-state index contributed by atoms with van der Waals surface area (Å²) in [6, 6.07) is 16.8. The zero-order valence-electron chi connectivity index (χ0n) is 12.9. The van der Waals surface area contributed by atoms with Crippen LogP contribution in [-0.4, -0.2) is 21.6 Å². The van der Waals surface area contributed by atoms with Crippen LogP contribution < -0.4 is 14.8 Å². The average Bonchev–Trinajstić information content (AvgIpc) is 3.29. The molecule has 2 aliphatic rings. The van der Waals surface area contributed by atoms with Gasteiger partial charge in [-0.1, -0.05) is 36.4 Å². The molecule has 0 amide bonds. The fraction of sp³-hybridized carbons (Fsp3) is 0.222. The average molecular weight is 320 g/mol. The third kappa shape index (κ3) is 2.11. The van der Waals surface area contributed by atoms with Gasteiger partial charge in [-0.15, -0.1) is 0 Å². The predicted octanol–water partition coefficient (Wildman–Crippen LogP) is 3.15. The van der Waals surface area contributed by atoms with Crippen LogP contribution >= 0.6 is 0 Å². The lowest BCUT2D eigenvalue weighted by Crippen LogP contribution is -2.28. The van der Waals surface area contributed by atoms with Gasteiger partial charge < -0.3 is 14.8 Å². The Bertz CT molecular complexity index is 878. The summed E-state index contributed by atoms with van der Waals surface area (Å²) in [6.07, 6.45) is 2.48. The van der Waals surface area contributed by atoms with Gasteiger partial charge in [-0.3, -0.25) is 0 Å². The summed E-state index contributed by atoms with van der Waals surface area (Å²) in [4.78, 5) is 4.37. The lowest BCUT2D eigenvalue weighted by molar-refractivity contribution is 0.174. The first-order chi connectivity index (χ1) is 11.9. The van der Waals surface area contributed by atoms with Gasteiger partial charge in [0.05, 0.1) is 12.1 Å². The second-order valence-electron chi connectivity index (χ2n) is 6.00. The van der Waals surface area contributed by atoms with Crippen LogP contribution in [0.5, 0.6) is 11.5 Å². The number of anilines is 1. The van der Waals surface area contributed by atoms with E-state index in [1.807, 2.05) is 22.9 Å². The molecule has 2 aliphatic heterocycles. The van der Waals surface area contributed by atoms with Crippen LogP contribution in [0.1, 0.15) is 29.6 Å². The Balaban J connectivity index is 1.55. The number of nitrogens with one attached hydrogen (secondary N) is 1. The smallest absolute Gasteiger partial charge is 0.231 e. The molecule has 2 aromatic carbocycles. The Morgan fingerprint density at radius 1 is 1.00 bits per heavy atom. The highest BCUT2D eigenvalue weighted by Gasteiger charge is 2.30. The van der Waals surface area contributed by atoms with Crippen molar-refractivity contribution in [1.29, 1.82) is 0 Å². The van der Waals surface area contributed by atoms with Gasteiger partial charge in [0, 0.05) is 0 Å². The number of ether oxygens (including phenoxy) is 2. The van der Waals surface area contributed by atoms with Gasteiger partial charge in [0.15, 0.2) is 11.5 Å². The van der Waals surface area contributed by atoms with Gasteiger partial charge in [0.1, 0.15) is 6.33 Å². The molecule has 0 fully saturated rings. The van der Waals surface area contributed by atoms with Gasteiger partial charge in [-0.25, -0.2) is 4.68 Å². The lowest BCUT2D eigenvalue weighted by atomic mass is 9.93. The third-order valence-electron chi connectivity index (χ3n) is 4.61. The topological polar surface area (TPSA) is 61.2 Å². The van der Waals surface area contributed by atoms with Crippen LogP contribution in [-0.2, 0) is 0 Å². The van der Waals surface area contributed by atoms with E-state index in [1.165, 1.54) is 5.56 Å². The molecule has 3 aromatic rings. The molecule has 5 rings (SSSR count). The molecule has 2 atom stereocenters. The number of hydrogen-bond donors (Lipinski definition) is 1. The highest BCUT2D eigenvalue weighted by Crippen LogP contribution is 2.40. The van der Waals surface area contributed by atoms with Gasteiger partial charge in [-0.05, 0) is 29.7 Å². The molecule has 24 heavy (non-hydrogen) atoms. The molecule has 0 saturated heterocycles. The van der Waals surface area contributed by atoms with Gasteiger partial charge >= 0.3 is 0 Å². The van der Waals surface area contributed by atoms with Crippen molar-refractivity contribution in [2.75, 3.05) is 12.1 Å². The molecule has 0 spiro atoms. The van der Waals surface area contributed by atoms with E-state index in [0.717, 1.165) is 29.4 Å². The van der Waals surface area contributed by atoms with Crippen LogP contribution in [0, 0.1) is 0 Å². The fourth-order valence-corrected chi connectivity index (χ4v) is 3.42. The molecule has 0 saturated carbocycles. The summed E-state index contributed by atoms with van der Waals surface area (Å²) in [5, 5.41) is 7.89. The Hall–Kier alpha value is -3.02. The largest absolute Gasteiger partial charge is 0.454 e. The molecule has 1 aromatic heterocycles. The maximum Gasteiger partial charge on any atom is 0.231 e. The summed E-state index contributed by atoms with van der Waals surface area (Å²) in [5.74, 6) is 2.38. The first kappa shape index (κ1) is 13.4. The van der Waals surface area contributed by atoms with Crippen LogP contribution in [0.15, 0.2) is 54.9 Å². The van der Waals surface area contributed by atoms with Crippen LogP contribution in [0.25, 0.3) is 0 Å². The normalized spacial score (nSPS) is 21.2. The second-order valence-corrected chi connectivity index (χ2v) is 6.00. The van der Waals surface area contributed by atoms with E-state index in [9.17, 15) is 0 Å². The number of fused-ring (bicyclic) bond motifs is 2. The van der Waals surface area contributed by atoms with Crippen molar-refractivity contribution in [2.45, 2.75) is 18.5 Å². The number of benzene rings is 2. The summed E-state index contributed by atoms with van der Waals surface area (Å²) in [5.41, 5.74) is 2.39. The molecule has 0 bridgehead atoms. The number of nitrogens with zero attached hydrogens (tertiary/aromatic N) is 3. The predicted molar refractivity (Wildman–Crippen MR) is 88.1 cm³/mol. The number of aromatic nitrogens is 3. The lowest BCUT2D eigenvalue weighted by Gasteiger charge is -2.31. The van der Waals surface area contributed by atoms with Gasteiger partial charge in [0.2, 0.25) is 12.7 Å². The quantitative estimate of drug-likeness (QED) is 0.786. The fourth-order valence-electron chi connectivity index (χ4n) is 3.42. The minimum atomic E-state index is 0.100. The SMILES string of the molecule is c1ccc([C@@H]2C[C@@H](c3ccc4c(c3)OCO4)n3ncnc3N2)cc1. The summed E-state index contributed by atoms with van der Waals surface area (Å²) < 4.78 is 12.9. The van der Waals surface area contributed by atoms with Crippen LogP contribution in [0.4, 0.5) is 5.95 Å². The summed E-state index contributed by atoms with van der Waals surface area (Å²) >= 11 is 0. The van der Waals surface area contributed by atoms with E-state index >= 15 is 0 Å². The first-order valence-electron chi connectivity index (χ1n) is 7.99. The monoisotopic (exact) mass is 320 g/mol. The van der Waals surface area contributed by atoms with Crippen molar-refractivity contribution < 1.29 is 9.47 Å². The molecular formula is C18H16N4O2. The highest BCUT2D eigenvalue weighted by atomic mass is 16.7. The zero-order valence-corrected chi connectivity index (χ0v) is 12.9. The minimum absolute atomic E-state index is 0.100. The first-order valence-corrected chi connectivity index (χ1v) is 7.99. The van der Waals surface area contributed by atoms with Crippen molar-refractivity contribution >= 4 is 5.95 Å². The number of rotatable bonds is 2. The standard InChI is InChI=1S/C18H16N4O2/c1-2-4-12(5-3-1)14-9-15(22-18(21-14)19-10-20-22)13-6-7-16-17(8-13)24-11-23-16/h1-8,10,14-15H,9,11H2,(H,19,20,21)/t14-,15-/m0/s1. The van der Waals surface area contributed by atoms with E-state index in [-0.39, 0.29) is 18.9 Å². The van der Waals surface area contributed by atoms with Crippen molar-refractivity contribution in [3.8, 4) is 11.5 Å². The molecule has 0 aliphatic carbocycles. The Kier molecular flexibility index (Phi) is 2.94. The van der Waals surface area contributed by atoms with Gasteiger partial charge in [-0.2, -0.15) is 10.1 Å². The molecule has 3 heterocycles. The highest BCUT2D eigenvalue weighted by molar-refractivity contribution is 5.47. The molecule has 0 radical (unpaired) electrons.